The number of amides is 2. The lowest BCUT2D eigenvalue weighted by Gasteiger charge is -2.08. The predicted molar refractivity (Wildman–Crippen MR) is 89.3 cm³/mol. The first kappa shape index (κ1) is 16.8. The predicted octanol–water partition coefficient (Wildman–Crippen LogP) is 3.60. The Kier molecular flexibility index (Phi) is 6.44. The number of nitrogens with one attached hydrogen (secondary N) is 2. The molecule has 2 aromatic carbocycles. The largest absolute Gasteiger partial charge is 0.461 e. The molecule has 120 valence electrons. The number of urea groups is 1. The molecule has 0 saturated heterocycles. The van der Waals surface area contributed by atoms with Crippen LogP contribution in [0.15, 0.2) is 54.6 Å². The minimum atomic E-state index is -0.384. The molecular formula is C17H17ClN2O3. The minimum Gasteiger partial charge on any atom is -0.461 e. The van der Waals surface area contributed by atoms with Crippen LogP contribution in [-0.2, 0) is 16.1 Å². The van der Waals surface area contributed by atoms with Crippen LogP contribution < -0.4 is 10.6 Å². The molecule has 0 radical (unpaired) electrons. The van der Waals surface area contributed by atoms with Gasteiger partial charge in [-0.3, -0.25) is 4.79 Å². The summed E-state index contributed by atoms with van der Waals surface area (Å²) in [4.78, 5) is 23.2. The van der Waals surface area contributed by atoms with Gasteiger partial charge in [0.2, 0.25) is 0 Å². The molecule has 0 heterocycles. The van der Waals surface area contributed by atoms with Crippen molar-refractivity contribution in [2.75, 3.05) is 11.9 Å². The third-order valence-corrected chi connectivity index (χ3v) is 3.17. The van der Waals surface area contributed by atoms with E-state index < -0.39 is 0 Å². The molecule has 6 heteroatoms. The third-order valence-electron chi connectivity index (χ3n) is 2.94. The highest BCUT2D eigenvalue weighted by Crippen LogP contribution is 2.11. The van der Waals surface area contributed by atoms with Crippen LogP contribution in [-0.4, -0.2) is 18.5 Å². The highest BCUT2D eigenvalue weighted by Gasteiger charge is 2.06. The fourth-order valence-corrected chi connectivity index (χ4v) is 2.05. The number of halogens is 1. The molecule has 0 aromatic heterocycles. The van der Waals surface area contributed by atoms with E-state index in [1.807, 2.05) is 24.3 Å². The number of hydrogen-bond donors (Lipinski definition) is 2. The number of esters is 1. The first-order chi connectivity index (χ1) is 11.1. The zero-order chi connectivity index (χ0) is 16.5. The van der Waals surface area contributed by atoms with Gasteiger partial charge in [0.05, 0.1) is 6.42 Å². The Labute approximate surface area is 139 Å². The number of rotatable bonds is 6. The van der Waals surface area contributed by atoms with Gasteiger partial charge < -0.3 is 15.4 Å². The van der Waals surface area contributed by atoms with Crippen LogP contribution in [0.25, 0.3) is 0 Å². The van der Waals surface area contributed by atoms with Crippen LogP contribution >= 0.6 is 11.6 Å². The van der Waals surface area contributed by atoms with Crippen molar-refractivity contribution in [3.05, 3.63) is 65.2 Å². The molecule has 0 saturated carbocycles. The second kappa shape index (κ2) is 8.80. The summed E-state index contributed by atoms with van der Waals surface area (Å²) in [5.74, 6) is -0.384. The van der Waals surface area contributed by atoms with Crippen molar-refractivity contribution in [1.82, 2.24) is 5.32 Å². The summed E-state index contributed by atoms with van der Waals surface area (Å²) >= 11 is 5.85. The summed E-state index contributed by atoms with van der Waals surface area (Å²) < 4.78 is 5.11. The molecule has 2 amide bonds. The molecular weight excluding hydrogens is 316 g/mol. The monoisotopic (exact) mass is 332 g/mol. The number of anilines is 1. The lowest BCUT2D eigenvalue weighted by atomic mass is 10.2. The Morgan fingerprint density at radius 2 is 1.83 bits per heavy atom. The van der Waals surface area contributed by atoms with Crippen molar-refractivity contribution in [1.29, 1.82) is 0 Å². The van der Waals surface area contributed by atoms with E-state index in [0.717, 1.165) is 5.56 Å². The number of carbonyl (C=O) groups excluding carboxylic acids is 2. The van der Waals surface area contributed by atoms with E-state index in [1.54, 1.807) is 30.3 Å². The average Bonchev–Trinajstić information content (AvgIpc) is 2.54. The lowest BCUT2D eigenvalue weighted by Crippen LogP contribution is -2.30. The molecule has 23 heavy (non-hydrogen) atoms. The van der Waals surface area contributed by atoms with Gasteiger partial charge in [-0.05, 0) is 29.8 Å². The summed E-state index contributed by atoms with van der Waals surface area (Å²) in [6.45, 7) is 0.364. The zero-order valence-corrected chi connectivity index (χ0v) is 13.2. The van der Waals surface area contributed by atoms with E-state index in [2.05, 4.69) is 10.6 Å². The summed E-state index contributed by atoms with van der Waals surface area (Å²) in [5, 5.41) is 5.86. The minimum absolute atomic E-state index is 0.1000. The van der Waals surface area contributed by atoms with E-state index in [1.165, 1.54) is 0 Å². The maximum atomic E-state index is 11.6. The molecule has 0 aliphatic rings. The van der Waals surface area contributed by atoms with Crippen LogP contribution in [0.3, 0.4) is 0 Å². The maximum Gasteiger partial charge on any atom is 0.319 e. The normalized spacial score (nSPS) is 9.96. The first-order valence-corrected chi connectivity index (χ1v) is 7.51. The molecule has 0 aliphatic heterocycles. The molecule has 0 spiro atoms. The standard InChI is InChI=1S/C17H17ClN2O3/c18-14-6-4-5-13(11-14)12-23-16(21)9-10-19-17(22)20-15-7-2-1-3-8-15/h1-8,11H,9-10,12H2,(H2,19,20,22). The maximum absolute atomic E-state index is 11.6. The van der Waals surface area contributed by atoms with Gasteiger partial charge in [0, 0.05) is 17.3 Å². The quantitative estimate of drug-likeness (QED) is 0.794. The molecule has 0 aliphatic carbocycles. The van der Waals surface area contributed by atoms with Crippen LogP contribution in [0.2, 0.25) is 5.02 Å². The second-order valence-corrected chi connectivity index (χ2v) is 5.22. The molecule has 0 unspecified atom stereocenters. The number of para-hydroxylation sites is 1. The second-order valence-electron chi connectivity index (χ2n) is 4.79. The molecule has 2 aromatic rings. The third kappa shape index (κ3) is 6.40. The topological polar surface area (TPSA) is 67.4 Å². The van der Waals surface area contributed by atoms with Crippen molar-refractivity contribution >= 4 is 29.3 Å². The highest BCUT2D eigenvalue weighted by molar-refractivity contribution is 6.30. The summed E-state index contributed by atoms with van der Waals surface area (Å²) in [6.07, 6.45) is 0.1000. The van der Waals surface area contributed by atoms with Crippen molar-refractivity contribution in [2.24, 2.45) is 0 Å². The average molecular weight is 333 g/mol. The van der Waals surface area contributed by atoms with Gasteiger partial charge in [0.1, 0.15) is 6.61 Å². The van der Waals surface area contributed by atoms with Gasteiger partial charge in [-0.2, -0.15) is 0 Å². The highest BCUT2D eigenvalue weighted by atomic mass is 35.5. The lowest BCUT2D eigenvalue weighted by molar-refractivity contribution is -0.144. The van der Waals surface area contributed by atoms with Crippen molar-refractivity contribution in [3.8, 4) is 0 Å². The summed E-state index contributed by atoms with van der Waals surface area (Å²) in [7, 11) is 0. The van der Waals surface area contributed by atoms with E-state index >= 15 is 0 Å². The molecule has 0 fully saturated rings. The smallest absolute Gasteiger partial charge is 0.319 e. The summed E-state index contributed by atoms with van der Waals surface area (Å²) in [6, 6.07) is 15.8. The van der Waals surface area contributed by atoms with Gasteiger partial charge in [-0.1, -0.05) is 41.9 Å². The molecule has 0 atom stereocenters. The van der Waals surface area contributed by atoms with E-state index in [9.17, 15) is 9.59 Å². The van der Waals surface area contributed by atoms with Crippen LogP contribution in [0.5, 0.6) is 0 Å². The fourth-order valence-electron chi connectivity index (χ4n) is 1.84. The summed E-state index contributed by atoms with van der Waals surface area (Å²) in [5.41, 5.74) is 1.51. The SMILES string of the molecule is O=C(NCCC(=O)OCc1cccc(Cl)c1)Nc1ccccc1. The zero-order valence-electron chi connectivity index (χ0n) is 12.4. The number of ether oxygens (including phenoxy) is 1. The number of hydrogen-bond acceptors (Lipinski definition) is 3. The van der Waals surface area contributed by atoms with Gasteiger partial charge >= 0.3 is 12.0 Å². The number of carbonyl (C=O) groups is 2. The van der Waals surface area contributed by atoms with E-state index in [-0.39, 0.29) is 31.6 Å². The van der Waals surface area contributed by atoms with Crippen molar-refractivity contribution < 1.29 is 14.3 Å². The van der Waals surface area contributed by atoms with Gasteiger partial charge in [-0.15, -0.1) is 0 Å². The van der Waals surface area contributed by atoms with Crippen molar-refractivity contribution in [3.63, 3.8) is 0 Å². The Bertz CT molecular complexity index is 662. The van der Waals surface area contributed by atoms with Gasteiger partial charge in [0.25, 0.3) is 0 Å². The Balaban J connectivity index is 1.63. The van der Waals surface area contributed by atoms with Crippen LogP contribution in [0.4, 0.5) is 10.5 Å². The molecule has 5 nitrogen and oxygen atoms in total. The van der Waals surface area contributed by atoms with E-state index in [4.69, 9.17) is 16.3 Å². The van der Waals surface area contributed by atoms with Crippen molar-refractivity contribution in [2.45, 2.75) is 13.0 Å². The van der Waals surface area contributed by atoms with Crippen LogP contribution in [0, 0.1) is 0 Å². The molecule has 2 N–H and O–H groups in total. The Morgan fingerprint density at radius 3 is 2.57 bits per heavy atom. The Hall–Kier alpha value is -2.53. The number of benzene rings is 2. The first-order valence-electron chi connectivity index (χ1n) is 7.13. The van der Waals surface area contributed by atoms with Crippen LogP contribution in [0.1, 0.15) is 12.0 Å². The Morgan fingerprint density at radius 1 is 1.04 bits per heavy atom. The van der Waals surface area contributed by atoms with Gasteiger partial charge in [0.15, 0.2) is 0 Å². The van der Waals surface area contributed by atoms with E-state index in [0.29, 0.717) is 10.7 Å². The fraction of sp³-hybridized carbons (Fsp3) is 0.176. The molecule has 0 bridgehead atoms. The van der Waals surface area contributed by atoms with Gasteiger partial charge in [-0.25, -0.2) is 4.79 Å². The molecule has 2 rings (SSSR count).